The maximum atomic E-state index is 9.04. The van der Waals surface area contributed by atoms with Crippen LogP contribution in [0.1, 0.15) is 12.1 Å². The van der Waals surface area contributed by atoms with Crippen molar-refractivity contribution in [2.75, 3.05) is 27.2 Å². The second kappa shape index (κ2) is 7.98. The van der Waals surface area contributed by atoms with E-state index in [1.807, 2.05) is 43.3 Å². The zero-order valence-corrected chi connectivity index (χ0v) is 15.4. The average Bonchev–Trinajstić information content (AvgIpc) is 2.97. The lowest BCUT2D eigenvalue weighted by Crippen LogP contribution is -2.15. The quantitative estimate of drug-likeness (QED) is 0.613. The fraction of sp³-hybridized carbons (Fsp3) is 0.350. The molecule has 2 heterocycles. The molecule has 0 saturated carbocycles. The summed E-state index contributed by atoms with van der Waals surface area (Å²) in [4.78, 5) is 6.69. The van der Waals surface area contributed by atoms with Crippen LogP contribution in [0.3, 0.4) is 0 Å². The number of fused-ring (bicyclic) bond motifs is 1. The standard InChI is InChI=1S/C20H23N5O/c1-15-5-10-18-19(23-25(13-11-21)20(18)22-15)16-6-8-17(9-7-16)26-14-4-12-24(2)3/h5-10H,4,12-14H2,1-3H3. The fourth-order valence-electron chi connectivity index (χ4n) is 2.82. The normalized spacial score (nSPS) is 11.0. The topological polar surface area (TPSA) is 67.0 Å². The van der Waals surface area contributed by atoms with E-state index in [1.165, 1.54) is 0 Å². The molecule has 0 radical (unpaired) electrons. The summed E-state index contributed by atoms with van der Waals surface area (Å²) in [7, 11) is 4.11. The van der Waals surface area contributed by atoms with Gasteiger partial charge in [0.15, 0.2) is 5.65 Å². The Morgan fingerprint density at radius 2 is 1.92 bits per heavy atom. The first-order valence-corrected chi connectivity index (χ1v) is 8.67. The van der Waals surface area contributed by atoms with E-state index in [-0.39, 0.29) is 6.54 Å². The summed E-state index contributed by atoms with van der Waals surface area (Å²) >= 11 is 0. The number of aryl methyl sites for hydroxylation is 1. The van der Waals surface area contributed by atoms with Crippen molar-refractivity contribution in [3.05, 3.63) is 42.1 Å². The third-order valence-corrected chi connectivity index (χ3v) is 4.10. The zero-order valence-electron chi connectivity index (χ0n) is 15.4. The first-order valence-electron chi connectivity index (χ1n) is 8.67. The molecule has 0 amide bonds. The Hall–Kier alpha value is -2.91. The predicted octanol–water partition coefficient (Wildman–Crippen LogP) is 3.26. The molecule has 0 saturated heterocycles. The van der Waals surface area contributed by atoms with Crippen molar-refractivity contribution in [3.63, 3.8) is 0 Å². The minimum Gasteiger partial charge on any atom is -0.494 e. The molecule has 0 N–H and O–H groups in total. The summed E-state index contributed by atoms with van der Waals surface area (Å²) in [5, 5.41) is 14.6. The number of hydrogen-bond donors (Lipinski definition) is 0. The van der Waals surface area contributed by atoms with Gasteiger partial charge in [0.25, 0.3) is 0 Å². The van der Waals surface area contributed by atoms with E-state index in [0.29, 0.717) is 6.61 Å². The molecule has 0 spiro atoms. The molecular formula is C20H23N5O. The van der Waals surface area contributed by atoms with Crippen LogP contribution in [0.5, 0.6) is 5.75 Å². The monoisotopic (exact) mass is 349 g/mol. The highest BCUT2D eigenvalue weighted by Gasteiger charge is 2.13. The van der Waals surface area contributed by atoms with Gasteiger partial charge in [-0.1, -0.05) is 0 Å². The molecule has 0 fully saturated rings. The number of benzene rings is 1. The van der Waals surface area contributed by atoms with E-state index >= 15 is 0 Å². The molecule has 0 aliphatic rings. The van der Waals surface area contributed by atoms with E-state index in [4.69, 9.17) is 10.00 Å². The lowest BCUT2D eigenvalue weighted by Gasteiger charge is -2.10. The molecule has 0 aliphatic heterocycles. The van der Waals surface area contributed by atoms with Gasteiger partial charge in [-0.05, 0) is 63.8 Å². The van der Waals surface area contributed by atoms with Crippen LogP contribution in [0.25, 0.3) is 22.3 Å². The first kappa shape index (κ1) is 17.9. The second-order valence-electron chi connectivity index (χ2n) is 6.52. The molecule has 2 aromatic heterocycles. The van der Waals surface area contributed by atoms with Crippen molar-refractivity contribution in [3.8, 4) is 23.1 Å². The highest BCUT2D eigenvalue weighted by Crippen LogP contribution is 2.28. The van der Waals surface area contributed by atoms with Crippen LogP contribution in [-0.4, -0.2) is 46.9 Å². The number of aromatic nitrogens is 3. The van der Waals surface area contributed by atoms with E-state index in [2.05, 4.69) is 35.1 Å². The van der Waals surface area contributed by atoms with Crippen molar-refractivity contribution in [2.24, 2.45) is 0 Å². The van der Waals surface area contributed by atoms with Crippen LogP contribution in [0.2, 0.25) is 0 Å². The minimum absolute atomic E-state index is 0.181. The molecule has 0 bridgehead atoms. The van der Waals surface area contributed by atoms with Crippen molar-refractivity contribution in [1.82, 2.24) is 19.7 Å². The van der Waals surface area contributed by atoms with Gasteiger partial charge < -0.3 is 9.64 Å². The summed E-state index contributed by atoms with van der Waals surface area (Å²) in [5.41, 5.74) is 3.47. The molecule has 134 valence electrons. The van der Waals surface area contributed by atoms with Gasteiger partial charge in [-0.2, -0.15) is 10.4 Å². The number of hydrogen-bond acceptors (Lipinski definition) is 5. The van der Waals surface area contributed by atoms with Crippen LogP contribution >= 0.6 is 0 Å². The minimum atomic E-state index is 0.181. The number of ether oxygens (including phenoxy) is 1. The Labute approximate surface area is 153 Å². The summed E-state index contributed by atoms with van der Waals surface area (Å²) in [6.45, 7) is 3.82. The van der Waals surface area contributed by atoms with Crippen LogP contribution < -0.4 is 4.74 Å². The number of nitriles is 1. The van der Waals surface area contributed by atoms with Crippen molar-refractivity contribution < 1.29 is 4.74 Å². The van der Waals surface area contributed by atoms with Crippen LogP contribution in [-0.2, 0) is 6.54 Å². The van der Waals surface area contributed by atoms with E-state index < -0.39 is 0 Å². The molecule has 6 nitrogen and oxygen atoms in total. The third-order valence-electron chi connectivity index (χ3n) is 4.10. The maximum absolute atomic E-state index is 9.04. The van der Waals surface area contributed by atoms with Crippen LogP contribution in [0, 0.1) is 18.3 Å². The van der Waals surface area contributed by atoms with E-state index in [1.54, 1.807) is 4.68 Å². The average molecular weight is 349 g/mol. The summed E-state index contributed by atoms with van der Waals surface area (Å²) < 4.78 is 7.44. The van der Waals surface area contributed by atoms with Gasteiger partial charge in [0.05, 0.1) is 12.7 Å². The van der Waals surface area contributed by atoms with Gasteiger partial charge in [-0.25, -0.2) is 9.67 Å². The van der Waals surface area contributed by atoms with Gasteiger partial charge in [0.1, 0.15) is 18.0 Å². The van der Waals surface area contributed by atoms with Gasteiger partial charge in [-0.15, -0.1) is 0 Å². The Morgan fingerprint density at radius 3 is 2.62 bits per heavy atom. The van der Waals surface area contributed by atoms with Gasteiger partial charge in [0, 0.05) is 23.2 Å². The molecule has 0 aliphatic carbocycles. The van der Waals surface area contributed by atoms with E-state index in [9.17, 15) is 0 Å². The molecule has 1 aromatic carbocycles. The predicted molar refractivity (Wildman–Crippen MR) is 102 cm³/mol. The van der Waals surface area contributed by atoms with Gasteiger partial charge in [-0.3, -0.25) is 0 Å². The number of nitrogens with zero attached hydrogens (tertiary/aromatic N) is 5. The number of rotatable bonds is 7. The smallest absolute Gasteiger partial charge is 0.159 e. The van der Waals surface area contributed by atoms with Crippen molar-refractivity contribution >= 4 is 11.0 Å². The molecular weight excluding hydrogens is 326 g/mol. The van der Waals surface area contributed by atoms with Crippen molar-refractivity contribution in [2.45, 2.75) is 19.9 Å². The lowest BCUT2D eigenvalue weighted by atomic mass is 10.1. The highest BCUT2D eigenvalue weighted by atomic mass is 16.5. The third kappa shape index (κ3) is 4.01. The fourth-order valence-corrected chi connectivity index (χ4v) is 2.82. The first-order chi connectivity index (χ1) is 12.6. The Bertz CT molecular complexity index is 922. The molecule has 26 heavy (non-hydrogen) atoms. The number of pyridine rings is 1. The molecule has 3 rings (SSSR count). The van der Waals surface area contributed by atoms with Crippen LogP contribution in [0.15, 0.2) is 36.4 Å². The SMILES string of the molecule is Cc1ccc2c(-c3ccc(OCCCN(C)C)cc3)nn(CC#N)c2n1. The summed E-state index contributed by atoms with van der Waals surface area (Å²) in [5.74, 6) is 0.849. The van der Waals surface area contributed by atoms with Gasteiger partial charge in [0.2, 0.25) is 0 Å². The van der Waals surface area contributed by atoms with Gasteiger partial charge >= 0.3 is 0 Å². The lowest BCUT2D eigenvalue weighted by molar-refractivity contribution is 0.281. The maximum Gasteiger partial charge on any atom is 0.159 e. The van der Waals surface area contributed by atoms with Crippen molar-refractivity contribution in [1.29, 1.82) is 5.26 Å². The Balaban J connectivity index is 1.82. The Morgan fingerprint density at radius 1 is 1.15 bits per heavy atom. The molecule has 3 aromatic rings. The van der Waals surface area contributed by atoms with Crippen LogP contribution in [0.4, 0.5) is 0 Å². The molecule has 0 atom stereocenters. The van der Waals surface area contributed by atoms with E-state index in [0.717, 1.165) is 46.7 Å². The highest BCUT2D eigenvalue weighted by molar-refractivity contribution is 5.91. The Kier molecular flexibility index (Phi) is 5.49. The largest absolute Gasteiger partial charge is 0.494 e. The second-order valence-corrected chi connectivity index (χ2v) is 6.52. The summed E-state index contributed by atoms with van der Waals surface area (Å²) in [6, 6.07) is 14.0. The molecule has 6 heteroatoms. The summed E-state index contributed by atoms with van der Waals surface area (Å²) in [6.07, 6.45) is 0.989. The molecule has 0 unspecified atom stereocenters. The zero-order chi connectivity index (χ0) is 18.5.